The molecule has 37 heavy (non-hydrogen) atoms. The second-order valence-electron chi connectivity index (χ2n) is 8.86. The van der Waals surface area contributed by atoms with E-state index in [1.54, 1.807) is 6.07 Å². The average molecular weight is 504 g/mol. The Morgan fingerprint density at radius 3 is 2.65 bits per heavy atom. The number of ketones is 1. The van der Waals surface area contributed by atoms with Crippen LogP contribution in [0.4, 0.5) is 8.78 Å². The number of carbonyl (C=O) groups is 3. The number of hydrogen-bond acceptors (Lipinski definition) is 6. The smallest absolute Gasteiger partial charge is 0.270 e. The van der Waals surface area contributed by atoms with Crippen LogP contribution in [0.2, 0.25) is 0 Å². The number of fused-ring (bicyclic) bond motifs is 2. The summed E-state index contributed by atoms with van der Waals surface area (Å²) in [6.45, 7) is 3.37. The average Bonchev–Trinajstić information content (AvgIpc) is 3.51. The lowest BCUT2D eigenvalue weighted by Gasteiger charge is -2.16. The van der Waals surface area contributed by atoms with Crippen molar-refractivity contribution in [1.29, 1.82) is 0 Å². The minimum absolute atomic E-state index is 0.00601. The number of nitrogens with one attached hydrogen (secondary N) is 2. The van der Waals surface area contributed by atoms with Gasteiger partial charge >= 0.3 is 0 Å². The third kappa shape index (κ3) is 4.55. The Balaban J connectivity index is 1.37. The van der Waals surface area contributed by atoms with Gasteiger partial charge < -0.3 is 10.6 Å². The fraction of sp³-hybridized carbons (Fsp3) is 0.231. The number of hydrogen-bond donors (Lipinski definition) is 2. The number of halogens is 2. The van der Waals surface area contributed by atoms with Gasteiger partial charge in [0.2, 0.25) is 0 Å². The molecule has 2 heterocycles. The number of benzene rings is 2. The molecule has 0 saturated heterocycles. The molecule has 1 aliphatic carbocycles. The molecule has 0 radical (unpaired) electrons. The molecule has 4 aromatic rings. The molecule has 11 heteroatoms. The van der Waals surface area contributed by atoms with Gasteiger partial charge in [0.05, 0.1) is 6.04 Å². The lowest BCUT2D eigenvalue weighted by atomic mass is 9.96. The summed E-state index contributed by atoms with van der Waals surface area (Å²) in [5.41, 5.74) is 3.93. The number of rotatable bonds is 6. The minimum Gasteiger partial charge on any atom is -0.347 e. The molecule has 0 saturated carbocycles. The maximum absolute atomic E-state index is 13.5. The molecule has 0 unspecified atom stereocenters. The van der Waals surface area contributed by atoms with Crippen LogP contribution >= 0.6 is 0 Å². The Hall–Kier alpha value is -4.54. The second kappa shape index (κ2) is 9.49. The van der Waals surface area contributed by atoms with Crippen molar-refractivity contribution in [2.75, 3.05) is 0 Å². The molecule has 0 bridgehead atoms. The molecule has 0 spiro atoms. The summed E-state index contributed by atoms with van der Waals surface area (Å²) in [4.78, 5) is 46.2. The summed E-state index contributed by atoms with van der Waals surface area (Å²) in [6, 6.07) is 7.99. The van der Waals surface area contributed by atoms with Crippen molar-refractivity contribution in [3.05, 3.63) is 93.6 Å². The van der Waals surface area contributed by atoms with E-state index in [0.717, 1.165) is 35.2 Å². The molecule has 2 N–H and O–H groups in total. The lowest BCUT2D eigenvalue weighted by molar-refractivity contribution is 0.0927. The van der Waals surface area contributed by atoms with Crippen molar-refractivity contribution in [1.82, 2.24) is 30.2 Å². The molecule has 0 fully saturated rings. The van der Waals surface area contributed by atoms with Crippen molar-refractivity contribution in [2.45, 2.75) is 39.3 Å². The highest BCUT2D eigenvalue weighted by Gasteiger charge is 2.28. The van der Waals surface area contributed by atoms with Gasteiger partial charge in [-0.15, -0.1) is 0 Å². The van der Waals surface area contributed by atoms with E-state index in [9.17, 15) is 23.2 Å². The molecular formula is C26H22F2N6O3. The Morgan fingerprint density at radius 2 is 1.89 bits per heavy atom. The molecule has 2 aromatic carbocycles. The third-order valence-corrected chi connectivity index (χ3v) is 6.53. The molecule has 188 valence electrons. The normalized spacial score (nSPS) is 14.4. The topological polar surface area (TPSA) is 118 Å². The summed E-state index contributed by atoms with van der Waals surface area (Å²) in [5.74, 6) is -3.05. The highest BCUT2D eigenvalue weighted by atomic mass is 19.2. The lowest BCUT2D eigenvalue weighted by Crippen LogP contribution is -2.30. The first-order chi connectivity index (χ1) is 17.7. The van der Waals surface area contributed by atoms with Crippen LogP contribution in [0.1, 0.15) is 73.0 Å². The van der Waals surface area contributed by atoms with Crippen molar-refractivity contribution < 1.29 is 23.2 Å². The van der Waals surface area contributed by atoms with Crippen molar-refractivity contribution in [2.24, 2.45) is 0 Å². The van der Waals surface area contributed by atoms with E-state index in [0.29, 0.717) is 17.5 Å². The Kier molecular flexibility index (Phi) is 6.20. The van der Waals surface area contributed by atoms with E-state index < -0.39 is 23.4 Å². The molecule has 9 nitrogen and oxygen atoms in total. The van der Waals surface area contributed by atoms with Gasteiger partial charge in [0, 0.05) is 18.2 Å². The first kappa shape index (κ1) is 24.2. The van der Waals surface area contributed by atoms with Crippen molar-refractivity contribution >= 4 is 23.4 Å². The summed E-state index contributed by atoms with van der Waals surface area (Å²) < 4.78 is 27.9. The van der Waals surface area contributed by atoms with Crippen LogP contribution in [-0.2, 0) is 13.0 Å². The largest absolute Gasteiger partial charge is 0.347 e. The van der Waals surface area contributed by atoms with Crippen molar-refractivity contribution in [3.63, 3.8) is 0 Å². The van der Waals surface area contributed by atoms with Gasteiger partial charge in [0.15, 0.2) is 17.4 Å². The van der Waals surface area contributed by atoms with Crippen LogP contribution in [0.25, 0.3) is 5.78 Å². The highest BCUT2D eigenvalue weighted by molar-refractivity contribution is 5.98. The fourth-order valence-corrected chi connectivity index (χ4v) is 4.66. The van der Waals surface area contributed by atoms with Gasteiger partial charge in [-0.25, -0.2) is 13.8 Å². The van der Waals surface area contributed by atoms with Gasteiger partial charge in [0.25, 0.3) is 17.6 Å². The van der Waals surface area contributed by atoms with E-state index in [4.69, 9.17) is 0 Å². The number of aromatic nitrogens is 4. The van der Waals surface area contributed by atoms with E-state index in [2.05, 4.69) is 25.7 Å². The maximum atomic E-state index is 13.5. The number of nitrogens with zero attached hydrogens (tertiary/aromatic N) is 4. The molecular weight excluding hydrogens is 482 g/mol. The van der Waals surface area contributed by atoms with Crippen LogP contribution in [0.15, 0.2) is 42.7 Å². The molecule has 5 rings (SSSR count). The zero-order chi connectivity index (χ0) is 26.3. The maximum Gasteiger partial charge on any atom is 0.270 e. The second-order valence-corrected chi connectivity index (χ2v) is 8.86. The predicted molar refractivity (Wildman–Crippen MR) is 128 cm³/mol. The zero-order valence-corrected chi connectivity index (χ0v) is 20.0. The SMILES string of the molecule is CC(=O)c1ccc2c(c1C)CC[C@@H]2NC(=O)c1cc(C(=O)NCc2ccc(F)c(F)c2)nc2ncnn12. The first-order valence-corrected chi connectivity index (χ1v) is 11.6. The van der Waals surface area contributed by atoms with Crippen LogP contribution in [-0.4, -0.2) is 37.2 Å². The predicted octanol–water partition coefficient (Wildman–Crippen LogP) is 3.26. The fourth-order valence-electron chi connectivity index (χ4n) is 4.66. The quantitative estimate of drug-likeness (QED) is 0.389. The number of Topliss-reactive ketones (excluding diaryl/α,β-unsaturated/α-hetero) is 1. The number of amides is 2. The Labute approximate surface area is 209 Å². The molecule has 2 aromatic heterocycles. The molecule has 1 atom stereocenters. The van der Waals surface area contributed by atoms with Gasteiger partial charge in [-0.1, -0.05) is 18.2 Å². The van der Waals surface area contributed by atoms with Crippen LogP contribution < -0.4 is 10.6 Å². The van der Waals surface area contributed by atoms with Gasteiger partial charge in [-0.2, -0.15) is 14.6 Å². The van der Waals surface area contributed by atoms with E-state index in [-0.39, 0.29) is 35.5 Å². The van der Waals surface area contributed by atoms with Gasteiger partial charge in [0.1, 0.15) is 17.7 Å². The van der Waals surface area contributed by atoms with Crippen LogP contribution in [0, 0.1) is 18.6 Å². The highest BCUT2D eigenvalue weighted by Crippen LogP contribution is 2.35. The Morgan fingerprint density at radius 1 is 1.08 bits per heavy atom. The Bertz CT molecular complexity index is 1580. The number of carbonyl (C=O) groups excluding carboxylic acids is 3. The van der Waals surface area contributed by atoms with E-state index >= 15 is 0 Å². The summed E-state index contributed by atoms with van der Waals surface area (Å²) in [6.07, 6.45) is 2.61. The molecule has 2 amide bonds. The zero-order valence-electron chi connectivity index (χ0n) is 20.0. The first-order valence-electron chi connectivity index (χ1n) is 11.6. The molecule has 1 aliphatic rings. The third-order valence-electron chi connectivity index (χ3n) is 6.53. The van der Waals surface area contributed by atoms with E-state index in [1.165, 1.54) is 29.9 Å². The van der Waals surface area contributed by atoms with Gasteiger partial charge in [-0.05, 0) is 61.1 Å². The summed E-state index contributed by atoms with van der Waals surface area (Å²) in [5, 5.41) is 9.63. The van der Waals surface area contributed by atoms with Gasteiger partial charge in [-0.3, -0.25) is 14.4 Å². The minimum atomic E-state index is -1.02. The monoisotopic (exact) mass is 504 g/mol. The van der Waals surface area contributed by atoms with Crippen LogP contribution in [0.3, 0.4) is 0 Å². The van der Waals surface area contributed by atoms with Crippen molar-refractivity contribution in [3.8, 4) is 0 Å². The van der Waals surface area contributed by atoms with E-state index in [1.807, 2.05) is 13.0 Å². The van der Waals surface area contributed by atoms with Crippen LogP contribution in [0.5, 0.6) is 0 Å². The molecule has 0 aliphatic heterocycles. The standard InChI is InChI=1S/C26H22F2N6O3/c1-13-16(14(2)35)4-5-18-17(13)6-8-21(18)32-25(37)23-10-22(33-26-30-12-31-34(23)26)24(36)29-11-15-3-7-19(27)20(28)9-15/h3-5,7,9-10,12,21H,6,8,11H2,1-2H3,(H,29,36)(H,32,37)/t21-/m0/s1. The summed E-state index contributed by atoms with van der Waals surface area (Å²) in [7, 11) is 0. The summed E-state index contributed by atoms with van der Waals surface area (Å²) >= 11 is 0.